The molecule has 15 heavy (non-hydrogen) atoms. The monoisotopic (exact) mass is 234 g/mol. The second-order valence-electron chi connectivity index (χ2n) is 4.06. The molecule has 1 rings (SSSR count). The lowest BCUT2D eigenvalue weighted by molar-refractivity contribution is -0.120. The van der Waals surface area contributed by atoms with Crippen molar-refractivity contribution in [2.75, 3.05) is 6.54 Å². The Morgan fingerprint density at radius 2 is 2.00 bits per heavy atom. The predicted octanol–water partition coefficient (Wildman–Crippen LogP) is -0.584. The van der Waals surface area contributed by atoms with E-state index < -0.39 is 26.2 Å². The molecule has 2 atom stereocenters. The Morgan fingerprint density at radius 3 is 2.40 bits per heavy atom. The van der Waals surface area contributed by atoms with Crippen LogP contribution in [0.5, 0.6) is 0 Å². The van der Waals surface area contributed by atoms with E-state index in [1.165, 1.54) is 13.8 Å². The third kappa shape index (κ3) is 2.92. The number of nitrogens with one attached hydrogen (secondary N) is 1. The molecular formula is C9H18N2O3S. The van der Waals surface area contributed by atoms with Crippen LogP contribution in [0.4, 0.5) is 0 Å². The van der Waals surface area contributed by atoms with Gasteiger partial charge in [-0.15, -0.1) is 0 Å². The Bertz CT molecular complexity index is 335. The average molecular weight is 234 g/mol. The molecule has 5 nitrogen and oxygen atoms in total. The zero-order chi connectivity index (χ0) is 11.6. The molecule has 1 aliphatic rings. The van der Waals surface area contributed by atoms with Gasteiger partial charge in [-0.1, -0.05) is 0 Å². The molecule has 1 amide bonds. The zero-order valence-corrected chi connectivity index (χ0v) is 9.88. The molecule has 0 saturated heterocycles. The van der Waals surface area contributed by atoms with Gasteiger partial charge >= 0.3 is 0 Å². The van der Waals surface area contributed by atoms with Crippen LogP contribution in [-0.4, -0.2) is 37.4 Å². The Morgan fingerprint density at radius 1 is 1.47 bits per heavy atom. The SMILES string of the molecule is CC(CN)S(=O)(=O)C(C)C(=O)NC1CC1. The molecule has 6 heteroatoms. The summed E-state index contributed by atoms with van der Waals surface area (Å²) >= 11 is 0. The quantitative estimate of drug-likeness (QED) is 0.665. The van der Waals surface area contributed by atoms with Crippen LogP contribution >= 0.6 is 0 Å². The Kier molecular flexibility index (Phi) is 3.72. The van der Waals surface area contributed by atoms with E-state index in [4.69, 9.17) is 5.73 Å². The minimum absolute atomic E-state index is 0.0450. The third-order valence-corrected chi connectivity index (χ3v) is 5.19. The van der Waals surface area contributed by atoms with Crippen molar-refractivity contribution in [3.8, 4) is 0 Å². The zero-order valence-electron chi connectivity index (χ0n) is 9.06. The molecular weight excluding hydrogens is 216 g/mol. The summed E-state index contributed by atoms with van der Waals surface area (Å²) in [7, 11) is -3.44. The number of carbonyl (C=O) groups is 1. The van der Waals surface area contributed by atoms with Crippen molar-refractivity contribution in [2.24, 2.45) is 5.73 Å². The number of nitrogens with two attached hydrogens (primary N) is 1. The number of hydrogen-bond donors (Lipinski definition) is 2. The normalized spacial score (nSPS) is 20.7. The van der Waals surface area contributed by atoms with Gasteiger partial charge in [0.25, 0.3) is 0 Å². The molecule has 3 N–H and O–H groups in total. The van der Waals surface area contributed by atoms with Crippen molar-refractivity contribution in [1.82, 2.24) is 5.32 Å². The number of hydrogen-bond acceptors (Lipinski definition) is 4. The van der Waals surface area contributed by atoms with Crippen LogP contribution in [0.3, 0.4) is 0 Å². The van der Waals surface area contributed by atoms with Crippen LogP contribution in [0.1, 0.15) is 26.7 Å². The van der Waals surface area contributed by atoms with Crippen LogP contribution in [0, 0.1) is 0 Å². The number of rotatable bonds is 5. The first-order chi connectivity index (χ1) is 6.89. The topological polar surface area (TPSA) is 89.3 Å². The van der Waals surface area contributed by atoms with E-state index in [0.29, 0.717) is 0 Å². The van der Waals surface area contributed by atoms with Gasteiger partial charge in [0.2, 0.25) is 5.91 Å². The summed E-state index contributed by atoms with van der Waals surface area (Å²) in [6.45, 7) is 2.98. The van der Waals surface area contributed by atoms with Gasteiger partial charge in [-0.05, 0) is 26.7 Å². The smallest absolute Gasteiger partial charge is 0.238 e. The second-order valence-corrected chi connectivity index (χ2v) is 6.75. The number of sulfone groups is 1. The Labute approximate surface area is 90.3 Å². The fourth-order valence-electron chi connectivity index (χ4n) is 1.18. The van der Waals surface area contributed by atoms with Crippen LogP contribution in [0.15, 0.2) is 0 Å². The van der Waals surface area contributed by atoms with Gasteiger partial charge in [-0.25, -0.2) is 8.42 Å². The van der Waals surface area contributed by atoms with Crippen LogP contribution in [0.2, 0.25) is 0 Å². The van der Waals surface area contributed by atoms with Gasteiger partial charge in [0.15, 0.2) is 9.84 Å². The maximum atomic E-state index is 11.8. The molecule has 1 aliphatic carbocycles. The van der Waals surface area contributed by atoms with Gasteiger partial charge in [0, 0.05) is 12.6 Å². The second kappa shape index (κ2) is 4.49. The van der Waals surface area contributed by atoms with E-state index >= 15 is 0 Å². The molecule has 0 spiro atoms. The van der Waals surface area contributed by atoms with E-state index in [1.807, 2.05) is 0 Å². The van der Waals surface area contributed by atoms with Crippen molar-refractivity contribution in [2.45, 2.75) is 43.2 Å². The molecule has 0 heterocycles. The Balaban J connectivity index is 2.64. The van der Waals surface area contributed by atoms with Crippen molar-refractivity contribution in [3.63, 3.8) is 0 Å². The molecule has 88 valence electrons. The highest BCUT2D eigenvalue weighted by Crippen LogP contribution is 2.19. The summed E-state index contributed by atoms with van der Waals surface area (Å²) in [6, 6.07) is 0.184. The van der Waals surface area contributed by atoms with Gasteiger partial charge < -0.3 is 11.1 Å². The van der Waals surface area contributed by atoms with E-state index in [0.717, 1.165) is 12.8 Å². The average Bonchev–Trinajstić information content (AvgIpc) is 2.98. The summed E-state index contributed by atoms with van der Waals surface area (Å²) in [5.74, 6) is -0.405. The molecule has 0 aromatic rings. The van der Waals surface area contributed by atoms with Crippen molar-refractivity contribution in [1.29, 1.82) is 0 Å². The third-order valence-electron chi connectivity index (χ3n) is 2.68. The lowest BCUT2D eigenvalue weighted by Crippen LogP contribution is -2.44. The Hall–Kier alpha value is -0.620. The molecule has 0 aromatic heterocycles. The lowest BCUT2D eigenvalue weighted by atomic mass is 10.4. The van der Waals surface area contributed by atoms with E-state index in [1.54, 1.807) is 0 Å². The van der Waals surface area contributed by atoms with Gasteiger partial charge in [-0.2, -0.15) is 0 Å². The minimum Gasteiger partial charge on any atom is -0.352 e. The summed E-state index contributed by atoms with van der Waals surface area (Å²) in [6.07, 6.45) is 1.90. The van der Waals surface area contributed by atoms with Gasteiger partial charge in [-0.3, -0.25) is 4.79 Å². The van der Waals surface area contributed by atoms with E-state index in [2.05, 4.69) is 5.32 Å². The largest absolute Gasteiger partial charge is 0.352 e. The molecule has 2 unspecified atom stereocenters. The molecule has 0 radical (unpaired) electrons. The summed E-state index contributed by atoms with van der Waals surface area (Å²) in [4.78, 5) is 11.5. The first-order valence-electron chi connectivity index (χ1n) is 5.12. The fourth-order valence-corrected chi connectivity index (χ4v) is 2.51. The fraction of sp³-hybridized carbons (Fsp3) is 0.889. The summed E-state index contributed by atoms with van der Waals surface area (Å²) < 4.78 is 23.5. The van der Waals surface area contributed by atoms with E-state index in [-0.39, 0.29) is 12.6 Å². The summed E-state index contributed by atoms with van der Waals surface area (Å²) in [5, 5.41) is 1.01. The number of amides is 1. The van der Waals surface area contributed by atoms with Gasteiger partial charge in [0.05, 0.1) is 5.25 Å². The van der Waals surface area contributed by atoms with Crippen LogP contribution in [-0.2, 0) is 14.6 Å². The first kappa shape index (κ1) is 12.4. The lowest BCUT2D eigenvalue weighted by Gasteiger charge is -2.16. The molecule has 1 saturated carbocycles. The first-order valence-corrected chi connectivity index (χ1v) is 6.73. The maximum absolute atomic E-state index is 11.8. The van der Waals surface area contributed by atoms with Crippen LogP contribution < -0.4 is 11.1 Å². The number of carbonyl (C=O) groups excluding carboxylic acids is 1. The predicted molar refractivity (Wildman–Crippen MR) is 58.1 cm³/mol. The van der Waals surface area contributed by atoms with Gasteiger partial charge in [0.1, 0.15) is 5.25 Å². The van der Waals surface area contributed by atoms with Crippen molar-refractivity contribution < 1.29 is 13.2 Å². The van der Waals surface area contributed by atoms with Crippen molar-refractivity contribution >= 4 is 15.7 Å². The van der Waals surface area contributed by atoms with Crippen LogP contribution in [0.25, 0.3) is 0 Å². The molecule has 0 aromatic carbocycles. The summed E-state index contributed by atoms with van der Waals surface area (Å²) in [5.41, 5.74) is 5.30. The molecule has 1 fully saturated rings. The van der Waals surface area contributed by atoms with E-state index in [9.17, 15) is 13.2 Å². The highest BCUT2D eigenvalue weighted by molar-refractivity contribution is 7.93. The highest BCUT2D eigenvalue weighted by Gasteiger charge is 2.34. The molecule has 0 bridgehead atoms. The highest BCUT2D eigenvalue weighted by atomic mass is 32.2. The standard InChI is InChI=1S/C9H18N2O3S/c1-6(5-10)15(13,14)7(2)9(12)11-8-3-4-8/h6-8H,3-5,10H2,1-2H3,(H,11,12). The van der Waals surface area contributed by atoms with Crippen molar-refractivity contribution in [3.05, 3.63) is 0 Å². The minimum atomic E-state index is -3.44. The maximum Gasteiger partial charge on any atom is 0.238 e. The molecule has 0 aliphatic heterocycles.